The van der Waals surface area contributed by atoms with Gasteiger partial charge in [0, 0.05) is 12.2 Å². The van der Waals surface area contributed by atoms with Crippen LogP contribution in [0.1, 0.15) is 51.7 Å². The maximum absolute atomic E-state index is 3.60. The van der Waals surface area contributed by atoms with E-state index in [1.54, 1.807) is 0 Å². The van der Waals surface area contributed by atoms with Crippen molar-refractivity contribution < 1.29 is 0 Å². The van der Waals surface area contributed by atoms with Gasteiger partial charge in [-0.2, -0.15) is 0 Å². The lowest BCUT2D eigenvalue weighted by Gasteiger charge is -2.35. The molecule has 2 rings (SSSR count). The number of nitrogens with one attached hydrogen (secondary N) is 1. The molecule has 0 aromatic heterocycles. The minimum Gasteiger partial charge on any atom is -0.385 e. The average molecular weight is 245 g/mol. The van der Waals surface area contributed by atoms with Crippen molar-refractivity contribution in [1.82, 2.24) is 0 Å². The van der Waals surface area contributed by atoms with Crippen LogP contribution in [0.15, 0.2) is 18.2 Å². The minimum atomic E-state index is 0.393. The fraction of sp³-hybridized carbons (Fsp3) is 0.647. The smallest absolute Gasteiger partial charge is 0.0373 e. The molecule has 1 atom stereocenters. The molecule has 18 heavy (non-hydrogen) atoms. The van der Waals surface area contributed by atoms with Crippen molar-refractivity contribution in [3.63, 3.8) is 0 Å². The average Bonchev–Trinajstić information content (AvgIpc) is 2.34. The van der Waals surface area contributed by atoms with Crippen molar-refractivity contribution in [3.8, 4) is 0 Å². The van der Waals surface area contributed by atoms with E-state index >= 15 is 0 Å². The summed E-state index contributed by atoms with van der Waals surface area (Å²) in [5.74, 6) is 0.742. The molecule has 0 saturated heterocycles. The van der Waals surface area contributed by atoms with E-state index in [0.717, 1.165) is 12.5 Å². The largest absolute Gasteiger partial charge is 0.385 e. The Hall–Kier alpha value is -0.980. The van der Waals surface area contributed by atoms with Crippen LogP contribution in [0.2, 0.25) is 0 Å². The van der Waals surface area contributed by atoms with Crippen LogP contribution in [0.25, 0.3) is 0 Å². The molecule has 1 nitrogen and oxygen atoms in total. The highest BCUT2D eigenvalue weighted by molar-refractivity contribution is 5.55. The number of rotatable bonds is 3. The molecular formula is C17H27N. The Morgan fingerprint density at radius 3 is 2.72 bits per heavy atom. The van der Waals surface area contributed by atoms with Gasteiger partial charge >= 0.3 is 0 Å². The number of anilines is 1. The van der Waals surface area contributed by atoms with Gasteiger partial charge in [0.05, 0.1) is 0 Å². The Morgan fingerprint density at radius 2 is 2.06 bits per heavy atom. The van der Waals surface area contributed by atoms with Gasteiger partial charge in [0.1, 0.15) is 0 Å². The van der Waals surface area contributed by atoms with Gasteiger partial charge in [0.25, 0.3) is 0 Å². The second-order valence-corrected chi connectivity index (χ2v) is 6.74. The van der Waals surface area contributed by atoms with Gasteiger partial charge in [-0.05, 0) is 47.8 Å². The van der Waals surface area contributed by atoms with Crippen LogP contribution in [-0.4, -0.2) is 6.54 Å². The van der Waals surface area contributed by atoms with E-state index < -0.39 is 0 Å². The second kappa shape index (κ2) is 5.34. The molecule has 1 heteroatoms. The summed E-state index contributed by atoms with van der Waals surface area (Å²) in [4.78, 5) is 0. The molecule has 0 saturated carbocycles. The Morgan fingerprint density at radius 1 is 1.28 bits per heavy atom. The zero-order valence-corrected chi connectivity index (χ0v) is 12.3. The molecule has 0 bridgehead atoms. The number of aryl methyl sites for hydroxylation is 1. The summed E-state index contributed by atoms with van der Waals surface area (Å²) in [6, 6.07) is 6.99. The highest BCUT2D eigenvalue weighted by atomic mass is 14.9. The third-order valence-corrected chi connectivity index (χ3v) is 4.22. The first-order valence-electron chi connectivity index (χ1n) is 7.36. The van der Waals surface area contributed by atoms with Crippen molar-refractivity contribution in [3.05, 3.63) is 29.3 Å². The topological polar surface area (TPSA) is 12.0 Å². The van der Waals surface area contributed by atoms with Crippen molar-refractivity contribution in [2.45, 2.75) is 53.4 Å². The molecule has 1 aromatic carbocycles. The number of fused-ring (bicyclic) bond motifs is 1. The van der Waals surface area contributed by atoms with Crippen molar-refractivity contribution in [2.24, 2.45) is 11.3 Å². The SMILES string of the molecule is CCCCc1ccc2c(c1)CC(C(C)(C)C)CN2. The molecule has 0 radical (unpaired) electrons. The van der Waals surface area contributed by atoms with Gasteiger partial charge in [0.15, 0.2) is 0 Å². The first-order chi connectivity index (χ1) is 8.50. The first kappa shape index (κ1) is 13.5. The second-order valence-electron chi connectivity index (χ2n) is 6.74. The zero-order chi connectivity index (χ0) is 13.2. The Labute approximate surface area is 112 Å². The molecule has 0 spiro atoms. The quantitative estimate of drug-likeness (QED) is 0.816. The summed E-state index contributed by atoms with van der Waals surface area (Å²) in [6.07, 6.45) is 5.03. The maximum atomic E-state index is 3.60. The molecule has 1 heterocycles. The summed E-state index contributed by atoms with van der Waals surface area (Å²) in [5, 5.41) is 3.60. The molecule has 1 N–H and O–H groups in total. The van der Waals surface area contributed by atoms with E-state index in [1.165, 1.54) is 42.5 Å². The number of unbranched alkanes of at least 4 members (excludes halogenated alkanes) is 1. The van der Waals surface area contributed by atoms with Crippen molar-refractivity contribution in [1.29, 1.82) is 0 Å². The van der Waals surface area contributed by atoms with Crippen LogP contribution in [-0.2, 0) is 12.8 Å². The van der Waals surface area contributed by atoms with Gasteiger partial charge in [0.2, 0.25) is 0 Å². The molecule has 0 amide bonds. The lowest BCUT2D eigenvalue weighted by molar-refractivity contribution is 0.247. The highest BCUT2D eigenvalue weighted by Crippen LogP contribution is 2.35. The van der Waals surface area contributed by atoms with Crippen molar-refractivity contribution in [2.75, 3.05) is 11.9 Å². The Bertz CT molecular complexity index is 401. The lowest BCUT2D eigenvalue weighted by atomic mass is 9.75. The van der Waals surface area contributed by atoms with E-state index in [2.05, 4.69) is 51.2 Å². The summed E-state index contributed by atoms with van der Waals surface area (Å²) in [5.41, 5.74) is 4.78. The number of hydrogen-bond donors (Lipinski definition) is 1. The van der Waals surface area contributed by atoms with E-state index in [1.807, 2.05) is 0 Å². The summed E-state index contributed by atoms with van der Waals surface area (Å²) in [7, 11) is 0. The van der Waals surface area contributed by atoms with Crippen LogP contribution in [0.5, 0.6) is 0 Å². The van der Waals surface area contributed by atoms with Gasteiger partial charge in [-0.1, -0.05) is 46.2 Å². The van der Waals surface area contributed by atoms with Crippen LogP contribution in [0.3, 0.4) is 0 Å². The molecular weight excluding hydrogens is 218 g/mol. The molecule has 0 aliphatic carbocycles. The van der Waals surface area contributed by atoms with Crippen LogP contribution < -0.4 is 5.32 Å². The molecule has 1 aliphatic heterocycles. The molecule has 1 aromatic rings. The lowest BCUT2D eigenvalue weighted by Crippen LogP contribution is -2.33. The van der Waals surface area contributed by atoms with E-state index in [9.17, 15) is 0 Å². The predicted octanol–water partition coefficient (Wildman–Crippen LogP) is 4.66. The molecule has 1 unspecified atom stereocenters. The van der Waals surface area contributed by atoms with E-state index in [0.29, 0.717) is 5.41 Å². The van der Waals surface area contributed by atoms with Crippen LogP contribution in [0, 0.1) is 11.3 Å². The summed E-state index contributed by atoms with van der Waals surface area (Å²) in [6.45, 7) is 10.4. The molecule has 0 fully saturated rings. The van der Waals surface area contributed by atoms with Gasteiger partial charge in [-0.15, -0.1) is 0 Å². The van der Waals surface area contributed by atoms with Gasteiger partial charge in [-0.25, -0.2) is 0 Å². The fourth-order valence-corrected chi connectivity index (χ4v) is 2.71. The molecule has 100 valence electrons. The van der Waals surface area contributed by atoms with Crippen LogP contribution >= 0.6 is 0 Å². The third kappa shape index (κ3) is 3.07. The number of hydrogen-bond acceptors (Lipinski definition) is 1. The van der Waals surface area contributed by atoms with E-state index in [-0.39, 0.29) is 0 Å². The van der Waals surface area contributed by atoms with Crippen LogP contribution in [0.4, 0.5) is 5.69 Å². The first-order valence-corrected chi connectivity index (χ1v) is 7.36. The monoisotopic (exact) mass is 245 g/mol. The fourth-order valence-electron chi connectivity index (χ4n) is 2.71. The van der Waals surface area contributed by atoms with E-state index in [4.69, 9.17) is 0 Å². The Kier molecular flexibility index (Phi) is 3.99. The Balaban J connectivity index is 2.14. The third-order valence-electron chi connectivity index (χ3n) is 4.22. The van der Waals surface area contributed by atoms with Gasteiger partial charge in [-0.3, -0.25) is 0 Å². The van der Waals surface area contributed by atoms with Crippen molar-refractivity contribution >= 4 is 5.69 Å². The highest BCUT2D eigenvalue weighted by Gasteiger charge is 2.28. The minimum absolute atomic E-state index is 0.393. The maximum Gasteiger partial charge on any atom is 0.0373 e. The zero-order valence-electron chi connectivity index (χ0n) is 12.3. The standard InChI is InChI=1S/C17H27N/c1-5-6-7-13-8-9-16-14(10-13)11-15(12-18-16)17(2,3)4/h8-10,15,18H,5-7,11-12H2,1-4H3. The van der Waals surface area contributed by atoms with Gasteiger partial charge < -0.3 is 5.32 Å². The molecule has 1 aliphatic rings. The summed E-state index contributed by atoms with van der Waals surface area (Å²) >= 11 is 0. The summed E-state index contributed by atoms with van der Waals surface area (Å²) < 4.78 is 0. The normalized spacial score (nSPS) is 19.2. The predicted molar refractivity (Wildman–Crippen MR) is 80.2 cm³/mol. The number of benzene rings is 1.